The summed E-state index contributed by atoms with van der Waals surface area (Å²) in [5, 5.41) is 7.36. The quantitative estimate of drug-likeness (QED) is 0.405. The van der Waals surface area contributed by atoms with Crippen LogP contribution in [0.25, 0.3) is 22.1 Å². The van der Waals surface area contributed by atoms with Crippen molar-refractivity contribution in [1.82, 2.24) is 19.1 Å². The maximum atomic E-state index is 5.76. The Kier molecular flexibility index (Phi) is 1.22. The molecule has 0 amide bonds. The molecule has 2 heterocycles. The van der Waals surface area contributed by atoms with Crippen LogP contribution in [0, 0.1) is 0 Å². The Labute approximate surface area is 81.0 Å². The van der Waals surface area contributed by atoms with Crippen molar-refractivity contribution in [2.24, 2.45) is 0 Å². The molecule has 70 valence electrons. The Morgan fingerprint density at radius 1 is 0.857 bits per heavy atom. The maximum absolute atomic E-state index is 5.76. The number of hydrogen-bond donors (Lipinski definition) is 2. The largest absolute Gasteiger partial charge is 0.395 e. The van der Waals surface area contributed by atoms with Crippen LogP contribution in [-0.4, -0.2) is 19.1 Å². The molecule has 0 aliphatic carbocycles. The number of hydrogen-bond acceptors (Lipinski definition) is 8. The second kappa shape index (κ2) is 2.29. The second-order valence-corrected chi connectivity index (χ2v) is 3.28. The summed E-state index contributed by atoms with van der Waals surface area (Å²) in [4.78, 5) is 0. The van der Waals surface area contributed by atoms with Gasteiger partial charge in [-0.05, 0) is 10.3 Å². The van der Waals surface area contributed by atoms with Gasteiger partial charge in [0.25, 0.3) is 0 Å². The summed E-state index contributed by atoms with van der Waals surface area (Å²) in [6.07, 6.45) is 0. The van der Waals surface area contributed by atoms with Gasteiger partial charge < -0.3 is 11.5 Å². The van der Waals surface area contributed by atoms with E-state index < -0.39 is 0 Å². The van der Waals surface area contributed by atoms with Crippen molar-refractivity contribution in [2.75, 3.05) is 11.5 Å². The molecule has 3 aromatic rings. The van der Waals surface area contributed by atoms with Gasteiger partial charge in [-0.2, -0.15) is 8.75 Å². The Morgan fingerprint density at radius 2 is 1.50 bits per heavy atom. The SMILES string of the molecule is Nc1c(N)c2nsnc2c2nonc12. The Hall–Kier alpha value is -1.96. The third-order valence-electron chi connectivity index (χ3n) is 2.00. The van der Waals surface area contributed by atoms with Gasteiger partial charge in [0.15, 0.2) is 11.0 Å². The number of fused-ring (bicyclic) bond motifs is 3. The highest BCUT2D eigenvalue weighted by molar-refractivity contribution is 7.00. The first-order valence-corrected chi connectivity index (χ1v) is 4.43. The van der Waals surface area contributed by atoms with Crippen molar-refractivity contribution in [3.8, 4) is 0 Å². The van der Waals surface area contributed by atoms with Crippen LogP contribution in [0.5, 0.6) is 0 Å². The number of nitrogens with zero attached hydrogens (tertiary/aromatic N) is 4. The highest BCUT2D eigenvalue weighted by Crippen LogP contribution is 2.32. The average Bonchev–Trinajstić information content (AvgIpc) is 2.80. The van der Waals surface area contributed by atoms with E-state index in [9.17, 15) is 0 Å². The Morgan fingerprint density at radius 3 is 2.36 bits per heavy atom. The van der Waals surface area contributed by atoms with Crippen LogP contribution < -0.4 is 11.5 Å². The molecule has 1 aromatic carbocycles. The summed E-state index contributed by atoms with van der Waals surface area (Å²) in [5.74, 6) is 0. The van der Waals surface area contributed by atoms with E-state index in [1.165, 1.54) is 0 Å². The van der Waals surface area contributed by atoms with Crippen LogP contribution in [0.1, 0.15) is 0 Å². The summed E-state index contributed by atoms with van der Waals surface area (Å²) in [6, 6.07) is 0. The van der Waals surface area contributed by atoms with Crippen LogP contribution in [0.15, 0.2) is 4.63 Å². The number of nitrogen functional groups attached to an aromatic ring is 2. The lowest BCUT2D eigenvalue weighted by molar-refractivity contribution is 0.316. The van der Waals surface area contributed by atoms with Gasteiger partial charge in [-0.3, -0.25) is 0 Å². The minimum Gasteiger partial charge on any atom is -0.395 e. The lowest BCUT2D eigenvalue weighted by Gasteiger charge is -1.98. The van der Waals surface area contributed by atoms with Crippen LogP contribution in [0.4, 0.5) is 11.4 Å². The second-order valence-electron chi connectivity index (χ2n) is 2.75. The van der Waals surface area contributed by atoms with E-state index in [4.69, 9.17) is 11.5 Å². The molecule has 0 aliphatic rings. The molecule has 8 heteroatoms. The van der Waals surface area contributed by atoms with Crippen molar-refractivity contribution in [3.63, 3.8) is 0 Å². The molecule has 2 aromatic heterocycles. The monoisotopic (exact) mass is 208 g/mol. The maximum Gasteiger partial charge on any atom is 0.166 e. The smallest absolute Gasteiger partial charge is 0.166 e. The first kappa shape index (κ1) is 7.44. The Balaban J connectivity index is 2.73. The zero-order chi connectivity index (χ0) is 9.71. The van der Waals surface area contributed by atoms with Crippen molar-refractivity contribution in [1.29, 1.82) is 0 Å². The third kappa shape index (κ3) is 0.708. The minimum atomic E-state index is 0.335. The predicted octanol–water partition coefficient (Wildman–Crippen LogP) is 0.392. The summed E-state index contributed by atoms with van der Waals surface area (Å²) < 4.78 is 12.7. The zero-order valence-electron chi connectivity index (χ0n) is 6.76. The summed E-state index contributed by atoms with van der Waals surface area (Å²) in [5.41, 5.74) is 14.3. The molecule has 0 bridgehead atoms. The molecule has 0 unspecified atom stereocenters. The van der Waals surface area contributed by atoms with E-state index >= 15 is 0 Å². The zero-order valence-corrected chi connectivity index (χ0v) is 7.58. The summed E-state index contributed by atoms with van der Waals surface area (Å²) in [6.45, 7) is 0. The molecular formula is C6H4N6OS. The van der Waals surface area contributed by atoms with Crippen LogP contribution in [0.3, 0.4) is 0 Å². The lowest BCUT2D eigenvalue weighted by atomic mass is 10.2. The van der Waals surface area contributed by atoms with Crippen LogP contribution in [-0.2, 0) is 0 Å². The van der Waals surface area contributed by atoms with Crippen molar-refractivity contribution in [2.45, 2.75) is 0 Å². The van der Waals surface area contributed by atoms with Crippen molar-refractivity contribution < 1.29 is 4.63 Å². The molecule has 7 nitrogen and oxygen atoms in total. The molecule has 3 rings (SSSR count). The fourth-order valence-corrected chi connectivity index (χ4v) is 1.86. The molecule has 14 heavy (non-hydrogen) atoms. The number of benzene rings is 1. The highest BCUT2D eigenvalue weighted by Gasteiger charge is 2.17. The average molecular weight is 208 g/mol. The minimum absolute atomic E-state index is 0.335. The van der Waals surface area contributed by atoms with Gasteiger partial charge in [-0.25, -0.2) is 4.63 Å². The topological polar surface area (TPSA) is 117 Å². The summed E-state index contributed by atoms with van der Waals surface area (Å²) in [7, 11) is 0. The molecule has 0 aliphatic heterocycles. The molecule has 0 saturated carbocycles. The number of anilines is 2. The molecule has 0 fully saturated rings. The third-order valence-corrected chi connectivity index (χ3v) is 2.53. The van der Waals surface area contributed by atoms with Crippen LogP contribution in [0.2, 0.25) is 0 Å². The van der Waals surface area contributed by atoms with Crippen LogP contribution >= 0.6 is 11.7 Å². The van der Waals surface area contributed by atoms with Gasteiger partial charge in [-0.1, -0.05) is 0 Å². The number of nitrogens with two attached hydrogens (primary N) is 2. The molecule has 0 saturated heterocycles. The predicted molar refractivity (Wildman–Crippen MR) is 51.6 cm³/mol. The van der Waals surface area contributed by atoms with Gasteiger partial charge in [0.1, 0.15) is 11.0 Å². The summed E-state index contributed by atoms with van der Waals surface area (Å²) >= 11 is 1.05. The number of aromatic nitrogens is 4. The Bertz CT molecular complexity index is 572. The van der Waals surface area contributed by atoms with Crippen molar-refractivity contribution >= 4 is 45.2 Å². The molecule has 0 spiro atoms. The molecule has 4 N–H and O–H groups in total. The van der Waals surface area contributed by atoms with E-state index in [0.717, 1.165) is 11.7 Å². The normalized spacial score (nSPS) is 11.4. The van der Waals surface area contributed by atoms with E-state index in [1.807, 2.05) is 0 Å². The van der Waals surface area contributed by atoms with E-state index in [-0.39, 0.29) is 0 Å². The van der Waals surface area contributed by atoms with Gasteiger partial charge in [0.2, 0.25) is 0 Å². The molecule has 0 atom stereocenters. The first-order valence-electron chi connectivity index (χ1n) is 3.70. The first-order chi connectivity index (χ1) is 6.79. The van der Waals surface area contributed by atoms with Gasteiger partial charge in [0, 0.05) is 0 Å². The lowest BCUT2D eigenvalue weighted by Crippen LogP contribution is -1.97. The van der Waals surface area contributed by atoms with Gasteiger partial charge in [-0.15, -0.1) is 0 Å². The molecule has 0 radical (unpaired) electrons. The molecular weight excluding hydrogens is 204 g/mol. The van der Waals surface area contributed by atoms with Gasteiger partial charge in [0.05, 0.1) is 23.1 Å². The number of rotatable bonds is 0. The fraction of sp³-hybridized carbons (Fsp3) is 0. The van der Waals surface area contributed by atoms with E-state index in [0.29, 0.717) is 33.4 Å². The fourth-order valence-electron chi connectivity index (χ4n) is 1.30. The van der Waals surface area contributed by atoms with Crippen molar-refractivity contribution in [3.05, 3.63) is 0 Å². The van der Waals surface area contributed by atoms with E-state index in [1.54, 1.807) is 0 Å². The standard InChI is InChI=1S/C6H4N6OS/c7-1-2(8)4-6(12-14-11-4)5-3(1)9-13-10-5/h7-8H2. The van der Waals surface area contributed by atoms with Gasteiger partial charge >= 0.3 is 0 Å². The highest BCUT2D eigenvalue weighted by atomic mass is 32.1. The van der Waals surface area contributed by atoms with E-state index in [2.05, 4.69) is 23.7 Å².